The number of ether oxygens (including phenoxy) is 1. The van der Waals surface area contributed by atoms with E-state index < -0.39 is 0 Å². The Morgan fingerprint density at radius 3 is 2.55 bits per heavy atom. The van der Waals surface area contributed by atoms with Gasteiger partial charge in [0.05, 0.1) is 12.8 Å². The highest BCUT2D eigenvalue weighted by atomic mass is 16.5. The van der Waals surface area contributed by atoms with Crippen LogP contribution in [0.25, 0.3) is 0 Å². The number of rotatable bonds is 6. The molecule has 0 radical (unpaired) electrons. The summed E-state index contributed by atoms with van der Waals surface area (Å²) >= 11 is 0. The number of hydrogen-bond acceptors (Lipinski definition) is 4. The summed E-state index contributed by atoms with van der Waals surface area (Å²) in [7, 11) is 5.55. The van der Waals surface area contributed by atoms with E-state index in [2.05, 4.69) is 11.8 Å². The number of amides is 1. The maximum atomic E-state index is 12.6. The zero-order valence-electron chi connectivity index (χ0n) is 13.0. The van der Waals surface area contributed by atoms with E-state index in [9.17, 15) is 4.79 Å². The zero-order chi connectivity index (χ0) is 15.3. The van der Waals surface area contributed by atoms with Gasteiger partial charge < -0.3 is 20.3 Å². The van der Waals surface area contributed by atoms with Crippen LogP contribution in [0, 0.1) is 0 Å². The molecule has 0 aromatic heterocycles. The lowest BCUT2D eigenvalue weighted by molar-refractivity contribution is 0.0678. The maximum Gasteiger partial charge on any atom is 0.254 e. The number of methoxy groups -OCH3 is 1. The Morgan fingerprint density at radius 1 is 1.40 bits per heavy atom. The van der Waals surface area contributed by atoms with Gasteiger partial charge in [-0.2, -0.15) is 0 Å². The van der Waals surface area contributed by atoms with Crippen LogP contribution in [-0.4, -0.2) is 56.0 Å². The third-order valence-electron chi connectivity index (χ3n) is 3.24. The Kier molecular flexibility index (Phi) is 5.82. The smallest absolute Gasteiger partial charge is 0.254 e. The van der Waals surface area contributed by atoms with Crippen molar-refractivity contribution in [1.29, 1.82) is 0 Å². The van der Waals surface area contributed by atoms with Gasteiger partial charge in [0, 0.05) is 24.7 Å². The first-order chi connectivity index (χ1) is 9.40. The van der Waals surface area contributed by atoms with Crippen molar-refractivity contribution in [3.63, 3.8) is 0 Å². The second kappa shape index (κ2) is 7.14. The average Bonchev–Trinajstić information content (AvgIpc) is 2.39. The van der Waals surface area contributed by atoms with Crippen molar-refractivity contribution in [2.75, 3.05) is 40.0 Å². The van der Waals surface area contributed by atoms with Crippen LogP contribution < -0.4 is 10.5 Å². The lowest BCUT2D eigenvalue weighted by Crippen LogP contribution is -2.43. The molecule has 1 amide bonds. The van der Waals surface area contributed by atoms with E-state index in [1.54, 1.807) is 25.3 Å². The van der Waals surface area contributed by atoms with Gasteiger partial charge in [0.2, 0.25) is 0 Å². The van der Waals surface area contributed by atoms with Crippen LogP contribution in [0.15, 0.2) is 18.2 Å². The number of carbonyl (C=O) groups excluding carboxylic acids is 1. The third-order valence-corrected chi connectivity index (χ3v) is 3.24. The molecule has 1 aromatic carbocycles. The fraction of sp³-hybridized carbons (Fsp3) is 0.533. The van der Waals surface area contributed by atoms with Gasteiger partial charge in [-0.25, -0.2) is 0 Å². The quantitative estimate of drug-likeness (QED) is 0.805. The summed E-state index contributed by atoms with van der Waals surface area (Å²) in [4.78, 5) is 16.5. The molecule has 2 N–H and O–H groups in total. The maximum absolute atomic E-state index is 12.6. The highest BCUT2D eigenvalue weighted by molar-refractivity contribution is 5.95. The molecule has 0 saturated heterocycles. The molecule has 0 heterocycles. The zero-order valence-corrected chi connectivity index (χ0v) is 13.0. The van der Waals surface area contributed by atoms with Crippen molar-refractivity contribution in [1.82, 2.24) is 9.80 Å². The number of nitrogens with two attached hydrogens (primary N) is 1. The van der Waals surface area contributed by atoms with Crippen LogP contribution in [-0.2, 0) is 0 Å². The molecule has 0 aliphatic rings. The Bertz CT molecular complexity index is 460. The number of likely N-dealkylation sites (N-methyl/N-ethyl adjacent to an activating group) is 2. The van der Waals surface area contributed by atoms with Crippen LogP contribution in [0.4, 0.5) is 5.69 Å². The standard InChI is InChI=1S/C15H25N3O2/c1-6-18(11(2)10-17(3)4)15(19)12-7-8-13(16)14(9-12)20-5/h7-9,11H,6,10,16H2,1-5H3. The molecule has 1 rings (SSSR count). The van der Waals surface area contributed by atoms with Gasteiger partial charge in [0.25, 0.3) is 5.91 Å². The van der Waals surface area contributed by atoms with Crippen LogP contribution in [0.2, 0.25) is 0 Å². The molecule has 0 aliphatic heterocycles. The van der Waals surface area contributed by atoms with Crippen LogP contribution in [0.3, 0.4) is 0 Å². The van der Waals surface area contributed by atoms with E-state index in [-0.39, 0.29) is 11.9 Å². The first-order valence-electron chi connectivity index (χ1n) is 6.79. The summed E-state index contributed by atoms with van der Waals surface area (Å²) in [5.74, 6) is 0.535. The predicted molar refractivity (Wildman–Crippen MR) is 82.1 cm³/mol. The molecule has 0 spiro atoms. The van der Waals surface area contributed by atoms with Crippen molar-refractivity contribution in [2.24, 2.45) is 0 Å². The molecular weight excluding hydrogens is 254 g/mol. The molecule has 0 bridgehead atoms. The fourth-order valence-corrected chi connectivity index (χ4v) is 2.29. The first kappa shape index (κ1) is 16.3. The van der Waals surface area contributed by atoms with Crippen LogP contribution in [0.1, 0.15) is 24.2 Å². The van der Waals surface area contributed by atoms with Gasteiger partial charge in [-0.15, -0.1) is 0 Å². The Hall–Kier alpha value is -1.75. The Balaban J connectivity index is 2.96. The predicted octanol–water partition coefficient (Wildman–Crippen LogP) is 1.69. The largest absolute Gasteiger partial charge is 0.495 e. The molecule has 0 saturated carbocycles. The number of benzene rings is 1. The lowest BCUT2D eigenvalue weighted by Gasteiger charge is -2.30. The van der Waals surface area contributed by atoms with E-state index in [4.69, 9.17) is 10.5 Å². The number of anilines is 1. The van der Waals surface area contributed by atoms with Gasteiger partial charge in [0.15, 0.2) is 0 Å². The van der Waals surface area contributed by atoms with Gasteiger partial charge >= 0.3 is 0 Å². The third kappa shape index (κ3) is 3.87. The molecule has 5 nitrogen and oxygen atoms in total. The van der Waals surface area contributed by atoms with Gasteiger partial charge in [0.1, 0.15) is 5.75 Å². The van der Waals surface area contributed by atoms with Crippen molar-refractivity contribution in [2.45, 2.75) is 19.9 Å². The molecule has 1 aromatic rings. The summed E-state index contributed by atoms with van der Waals surface area (Å²) in [5.41, 5.74) is 6.91. The van der Waals surface area contributed by atoms with E-state index in [1.165, 1.54) is 0 Å². The minimum Gasteiger partial charge on any atom is -0.495 e. The summed E-state index contributed by atoms with van der Waals surface area (Å²) in [6, 6.07) is 5.29. The second-order valence-corrected chi connectivity index (χ2v) is 5.16. The van der Waals surface area contributed by atoms with Crippen molar-refractivity contribution >= 4 is 11.6 Å². The first-order valence-corrected chi connectivity index (χ1v) is 6.79. The van der Waals surface area contributed by atoms with E-state index >= 15 is 0 Å². The van der Waals surface area contributed by atoms with E-state index in [0.29, 0.717) is 23.5 Å². The average molecular weight is 279 g/mol. The fourth-order valence-electron chi connectivity index (χ4n) is 2.29. The van der Waals surface area contributed by atoms with Crippen LogP contribution >= 0.6 is 0 Å². The molecule has 0 aliphatic carbocycles. The van der Waals surface area contributed by atoms with Gasteiger partial charge in [-0.3, -0.25) is 4.79 Å². The topological polar surface area (TPSA) is 58.8 Å². The van der Waals surface area contributed by atoms with Gasteiger partial charge in [-0.1, -0.05) is 0 Å². The Labute approximate surface area is 121 Å². The van der Waals surface area contributed by atoms with E-state index in [1.807, 2.05) is 25.9 Å². The number of carbonyl (C=O) groups is 1. The molecule has 0 fully saturated rings. The molecular formula is C15H25N3O2. The summed E-state index contributed by atoms with van der Waals surface area (Å²) < 4.78 is 5.17. The van der Waals surface area contributed by atoms with E-state index in [0.717, 1.165) is 6.54 Å². The highest BCUT2D eigenvalue weighted by Crippen LogP contribution is 2.23. The normalized spacial score (nSPS) is 12.3. The molecule has 112 valence electrons. The SMILES string of the molecule is CCN(C(=O)c1ccc(N)c(OC)c1)C(C)CN(C)C. The Morgan fingerprint density at radius 2 is 2.05 bits per heavy atom. The van der Waals surface area contributed by atoms with Crippen molar-refractivity contribution in [3.8, 4) is 5.75 Å². The minimum absolute atomic E-state index is 0.000139. The monoisotopic (exact) mass is 279 g/mol. The minimum atomic E-state index is 0.000139. The molecule has 1 atom stereocenters. The summed E-state index contributed by atoms with van der Waals surface area (Å²) in [5, 5.41) is 0. The van der Waals surface area contributed by atoms with Crippen molar-refractivity contribution < 1.29 is 9.53 Å². The van der Waals surface area contributed by atoms with Crippen LogP contribution in [0.5, 0.6) is 5.75 Å². The molecule has 5 heteroatoms. The molecule has 1 unspecified atom stereocenters. The number of nitrogens with zero attached hydrogens (tertiary/aromatic N) is 2. The second-order valence-electron chi connectivity index (χ2n) is 5.16. The lowest BCUT2D eigenvalue weighted by atomic mass is 10.1. The van der Waals surface area contributed by atoms with Crippen molar-refractivity contribution in [3.05, 3.63) is 23.8 Å². The highest BCUT2D eigenvalue weighted by Gasteiger charge is 2.21. The number of nitrogen functional groups attached to an aromatic ring is 1. The summed E-state index contributed by atoms with van der Waals surface area (Å²) in [6.07, 6.45) is 0. The number of hydrogen-bond donors (Lipinski definition) is 1. The summed E-state index contributed by atoms with van der Waals surface area (Å²) in [6.45, 7) is 5.53. The molecule has 20 heavy (non-hydrogen) atoms. The van der Waals surface area contributed by atoms with Gasteiger partial charge in [-0.05, 0) is 46.1 Å².